The molecule has 1 heteroatoms. The van der Waals surface area contributed by atoms with Crippen LogP contribution in [0.1, 0.15) is 39.2 Å². The van der Waals surface area contributed by atoms with E-state index in [9.17, 15) is 0 Å². The highest BCUT2D eigenvalue weighted by Gasteiger charge is 2.27. The number of hydrogen-bond acceptors (Lipinski definition) is 1. The summed E-state index contributed by atoms with van der Waals surface area (Å²) in [5, 5.41) is 0. The minimum Gasteiger partial charge on any atom is -0.126 e. The third-order valence-electron chi connectivity index (χ3n) is 3.52. The SMILES string of the molecule is CCCSc1ccccc1C(C)(C)C1=CCC=C1. The molecule has 0 heterocycles. The Morgan fingerprint density at radius 3 is 2.67 bits per heavy atom. The molecule has 0 amide bonds. The van der Waals surface area contributed by atoms with Gasteiger partial charge in [-0.15, -0.1) is 11.8 Å². The first-order valence-electron chi connectivity index (χ1n) is 6.75. The van der Waals surface area contributed by atoms with Crippen molar-refractivity contribution in [3.63, 3.8) is 0 Å². The van der Waals surface area contributed by atoms with Gasteiger partial charge in [0.15, 0.2) is 0 Å². The number of allylic oxidation sites excluding steroid dienone is 4. The fraction of sp³-hybridized carbons (Fsp3) is 0.412. The summed E-state index contributed by atoms with van der Waals surface area (Å²) >= 11 is 1.98. The van der Waals surface area contributed by atoms with Crippen LogP contribution in [0.15, 0.2) is 53.0 Å². The van der Waals surface area contributed by atoms with Crippen LogP contribution in [-0.4, -0.2) is 5.75 Å². The molecule has 2 rings (SSSR count). The zero-order chi connectivity index (χ0) is 13.0. The third kappa shape index (κ3) is 2.72. The molecule has 1 aliphatic rings. The number of hydrogen-bond donors (Lipinski definition) is 0. The maximum Gasteiger partial charge on any atom is 0.0154 e. The summed E-state index contributed by atoms with van der Waals surface area (Å²) in [4.78, 5) is 1.44. The van der Waals surface area contributed by atoms with E-state index in [0.29, 0.717) is 0 Å². The molecule has 0 saturated carbocycles. The quantitative estimate of drug-likeness (QED) is 0.641. The molecule has 18 heavy (non-hydrogen) atoms. The molecule has 1 aliphatic carbocycles. The third-order valence-corrected chi connectivity index (χ3v) is 4.79. The van der Waals surface area contributed by atoms with E-state index in [1.165, 1.54) is 28.2 Å². The van der Waals surface area contributed by atoms with Gasteiger partial charge in [0.1, 0.15) is 0 Å². The summed E-state index contributed by atoms with van der Waals surface area (Å²) in [6, 6.07) is 8.85. The molecule has 96 valence electrons. The smallest absolute Gasteiger partial charge is 0.0154 e. The molecule has 0 saturated heterocycles. The van der Waals surface area contributed by atoms with E-state index < -0.39 is 0 Å². The zero-order valence-electron chi connectivity index (χ0n) is 11.6. The average Bonchev–Trinajstić information content (AvgIpc) is 2.91. The van der Waals surface area contributed by atoms with Gasteiger partial charge in [-0.25, -0.2) is 0 Å². The van der Waals surface area contributed by atoms with Crippen molar-refractivity contribution in [1.29, 1.82) is 0 Å². The Morgan fingerprint density at radius 2 is 2.00 bits per heavy atom. The van der Waals surface area contributed by atoms with Crippen LogP contribution in [0.3, 0.4) is 0 Å². The predicted molar refractivity (Wildman–Crippen MR) is 82.3 cm³/mol. The van der Waals surface area contributed by atoms with Crippen LogP contribution in [0, 0.1) is 0 Å². The highest BCUT2D eigenvalue weighted by Crippen LogP contribution is 2.39. The highest BCUT2D eigenvalue weighted by molar-refractivity contribution is 7.99. The Balaban J connectivity index is 2.34. The van der Waals surface area contributed by atoms with Crippen molar-refractivity contribution < 1.29 is 0 Å². The lowest BCUT2D eigenvalue weighted by Crippen LogP contribution is -2.19. The van der Waals surface area contributed by atoms with E-state index in [1.807, 2.05) is 11.8 Å². The summed E-state index contributed by atoms with van der Waals surface area (Å²) in [5.74, 6) is 1.20. The lowest BCUT2D eigenvalue weighted by Gasteiger charge is -2.28. The Labute approximate surface area is 115 Å². The van der Waals surface area contributed by atoms with Crippen molar-refractivity contribution >= 4 is 11.8 Å². The minimum atomic E-state index is 0.115. The number of thioether (sulfide) groups is 1. The van der Waals surface area contributed by atoms with E-state index in [0.717, 1.165) is 6.42 Å². The van der Waals surface area contributed by atoms with Gasteiger partial charge in [-0.3, -0.25) is 0 Å². The molecule has 0 unspecified atom stereocenters. The van der Waals surface area contributed by atoms with Crippen molar-refractivity contribution in [2.75, 3.05) is 5.75 Å². The molecule has 0 N–H and O–H groups in total. The van der Waals surface area contributed by atoms with Crippen molar-refractivity contribution in [2.45, 2.75) is 43.9 Å². The van der Waals surface area contributed by atoms with Gasteiger partial charge in [0.2, 0.25) is 0 Å². The van der Waals surface area contributed by atoms with Crippen molar-refractivity contribution in [1.82, 2.24) is 0 Å². The Kier molecular flexibility index (Phi) is 4.34. The molecule has 0 radical (unpaired) electrons. The average molecular weight is 258 g/mol. The topological polar surface area (TPSA) is 0 Å². The van der Waals surface area contributed by atoms with Gasteiger partial charge in [0.25, 0.3) is 0 Å². The molecule has 1 aromatic rings. The standard InChI is InChI=1S/C17H22S/c1-4-13-18-16-12-8-7-11-15(16)17(2,3)14-9-5-6-10-14/h5,7-12H,4,6,13H2,1-3H3. The normalized spacial score (nSPS) is 14.9. The molecule has 0 spiro atoms. The van der Waals surface area contributed by atoms with Crippen LogP contribution in [0.2, 0.25) is 0 Å². The first-order chi connectivity index (χ1) is 8.66. The lowest BCUT2D eigenvalue weighted by atomic mass is 9.78. The van der Waals surface area contributed by atoms with E-state index in [2.05, 4.69) is 63.3 Å². The van der Waals surface area contributed by atoms with Gasteiger partial charge in [0.05, 0.1) is 0 Å². The van der Waals surface area contributed by atoms with Crippen LogP contribution < -0.4 is 0 Å². The van der Waals surface area contributed by atoms with E-state index in [4.69, 9.17) is 0 Å². The molecule has 1 aromatic carbocycles. The molecule has 0 bridgehead atoms. The molecule has 0 nitrogen and oxygen atoms in total. The van der Waals surface area contributed by atoms with Crippen LogP contribution in [0.25, 0.3) is 0 Å². The molecular formula is C17H22S. The Morgan fingerprint density at radius 1 is 1.22 bits per heavy atom. The van der Waals surface area contributed by atoms with Crippen LogP contribution in [0.4, 0.5) is 0 Å². The largest absolute Gasteiger partial charge is 0.126 e. The van der Waals surface area contributed by atoms with Gasteiger partial charge >= 0.3 is 0 Å². The second-order valence-electron chi connectivity index (χ2n) is 5.27. The maximum absolute atomic E-state index is 2.35. The van der Waals surface area contributed by atoms with Gasteiger partial charge in [-0.1, -0.05) is 57.2 Å². The number of rotatable bonds is 5. The van der Waals surface area contributed by atoms with Crippen molar-refractivity contribution in [2.24, 2.45) is 0 Å². The molecule has 0 fully saturated rings. The fourth-order valence-electron chi connectivity index (χ4n) is 2.40. The van der Waals surface area contributed by atoms with Gasteiger partial charge in [0, 0.05) is 10.3 Å². The predicted octanol–water partition coefficient (Wildman–Crippen LogP) is 5.35. The number of benzene rings is 1. The summed E-state index contributed by atoms with van der Waals surface area (Å²) in [7, 11) is 0. The summed E-state index contributed by atoms with van der Waals surface area (Å²) in [6.45, 7) is 6.91. The van der Waals surface area contributed by atoms with E-state index in [-0.39, 0.29) is 5.41 Å². The van der Waals surface area contributed by atoms with E-state index in [1.54, 1.807) is 0 Å². The molecule has 0 aliphatic heterocycles. The van der Waals surface area contributed by atoms with E-state index >= 15 is 0 Å². The van der Waals surface area contributed by atoms with Crippen molar-refractivity contribution in [3.05, 3.63) is 53.6 Å². The summed E-state index contributed by atoms with van der Waals surface area (Å²) < 4.78 is 0. The second-order valence-corrected chi connectivity index (χ2v) is 6.40. The van der Waals surface area contributed by atoms with Gasteiger partial charge in [-0.05, 0) is 35.8 Å². The summed E-state index contributed by atoms with van der Waals surface area (Å²) in [6.07, 6.45) is 9.19. The fourth-order valence-corrected chi connectivity index (χ4v) is 3.48. The lowest BCUT2D eigenvalue weighted by molar-refractivity contribution is 0.626. The Hall–Kier alpha value is -0.950. The first kappa shape index (κ1) is 13.5. The van der Waals surface area contributed by atoms with Crippen LogP contribution >= 0.6 is 11.8 Å². The minimum absolute atomic E-state index is 0.115. The van der Waals surface area contributed by atoms with Gasteiger partial charge < -0.3 is 0 Å². The molecular weight excluding hydrogens is 236 g/mol. The van der Waals surface area contributed by atoms with Crippen LogP contribution in [-0.2, 0) is 5.41 Å². The van der Waals surface area contributed by atoms with Gasteiger partial charge in [-0.2, -0.15) is 0 Å². The van der Waals surface area contributed by atoms with Crippen molar-refractivity contribution in [3.8, 4) is 0 Å². The zero-order valence-corrected chi connectivity index (χ0v) is 12.4. The molecule has 0 atom stereocenters. The van der Waals surface area contributed by atoms with Crippen LogP contribution in [0.5, 0.6) is 0 Å². The first-order valence-corrected chi connectivity index (χ1v) is 7.74. The monoisotopic (exact) mass is 258 g/mol. The molecule has 0 aromatic heterocycles. The Bertz CT molecular complexity index is 466. The highest BCUT2D eigenvalue weighted by atomic mass is 32.2. The summed E-state index contributed by atoms with van der Waals surface area (Å²) in [5.41, 5.74) is 3.03. The second kappa shape index (κ2) is 5.79. The maximum atomic E-state index is 2.35.